The quantitative estimate of drug-likeness (QED) is 0.317. The van der Waals surface area contributed by atoms with Crippen LogP contribution < -0.4 is 10.5 Å². The van der Waals surface area contributed by atoms with Gasteiger partial charge in [0, 0.05) is 19.7 Å². The van der Waals surface area contributed by atoms with E-state index in [0.29, 0.717) is 36.9 Å². The number of likely N-dealkylation sites (tertiary alicyclic amines) is 1. The van der Waals surface area contributed by atoms with Gasteiger partial charge in [-0.2, -0.15) is 0 Å². The first-order chi connectivity index (χ1) is 12.5. The molecule has 26 heavy (non-hydrogen) atoms. The molecule has 0 saturated carbocycles. The molecule has 1 aliphatic heterocycles. The average Bonchev–Trinajstić information content (AvgIpc) is 2.67. The van der Waals surface area contributed by atoms with Gasteiger partial charge in [-0.3, -0.25) is 14.9 Å². The number of thioether (sulfide) groups is 1. The van der Waals surface area contributed by atoms with Crippen LogP contribution in [0.25, 0.3) is 0 Å². The highest BCUT2D eigenvalue weighted by Gasteiger charge is 2.30. The summed E-state index contributed by atoms with van der Waals surface area (Å²) in [6, 6.07) is 2.87. The Morgan fingerprint density at radius 3 is 2.65 bits per heavy atom. The summed E-state index contributed by atoms with van der Waals surface area (Å²) in [4.78, 5) is 26.1. The van der Waals surface area contributed by atoms with Gasteiger partial charge in [0.1, 0.15) is 11.3 Å². The van der Waals surface area contributed by atoms with Crippen molar-refractivity contribution in [1.29, 1.82) is 0 Å². The number of hydrogen-bond donors (Lipinski definition) is 1. The maximum absolute atomic E-state index is 12.9. The molecule has 0 aromatic heterocycles. The van der Waals surface area contributed by atoms with Crippen LogP contribution in [0.5, 0.6) is 5.75 Å². The number of nitrogens with zero attached hydrogens (tertiary/aromatic N) is 2. The monoisotopic (exact) mass is 383 g/mol. The molecule has 1 saturated heterocycles. The number of piperidine rings is 1. The zero-order chi connectivity index (χ0) is 19.1. The topological polar surface area (TPSA) is 108 Å². The number of methoxy groups -OCH3 is 1. The van der Waals surface area contributed by atoms with Crippen molar-refractivity contribution in [2.75, 3.05) is 39.6 Å². The normalized spacial score (nSPS) is 15.1. The molecule has 8 nitrogen and oxygen atoms in total. The van der Waals surface area contributed by atoms with Crippen molar-refractivity contribution in [3.63, 3.8) is 0 Å². The van der Waals surface area contributed by atoms with Crippen LogP contribution in [0.4, 0.5) is 5.69 Å². The van der Waals surface area contributed by atoms with E-state index < -0.39 is 4.92 Å². The Bertz CT molecular complexity index is 648. The number of amides is 1. The molecule has 1 fully saturated rings. The molecule has 2 rings (SSSR count). The Morgan fingerprint density at radius 1 is 1.42 bits per heavy atom. The van der Waals surface area contributed by atoms with Gasteiger partial charge in [0.2, 0.25) is 0 Å². The highest BCUT2D eigenvalue weighted by atomic mass is 32.2. The van der Waals surface area contributed by atoms with Gasteiger partial charge in [-0.05, 0) is 38.1 Å². The maximum Gasteiger partial charge on any atom is 0.285 e. The molecule has 0 radical (unpaired) electrons. The lowest BCUT2D eigenvalue weighted by Crippen LogP contribution is -2.41. The smallest absolute Gasteiger partial charge is 0.285 e. The first-order valence-corrected chi connectivity index (χ1v) is 9.75. The lowest BCUT2D eigenvalue weighted by Gasteiger charge is -2.32. The molecule has 0 spiro atoms. The van der Waals surface area contributed by atoms with Crippen molar-refractivity contribution in [3.8, 4) is 5.75 Å². The lowest BCUT2D eigenvalue weighted by molar-refractivity contribution is -0.385. The molecule has 0 atom stereocenters. The fourth-order valence-corrected chi connectivity index (χ4v) is 3.50. The van der Waals surface area contributed by atoms with Crippen molar-refractivity contribution in [1.82, 2.24) is 4.90 Å². The summed E-state index contributed by atoms with van der Waals surface area (Å²) in [5.74, 6) is 0.0721. The molecule has 9 heteroatoms. The Kier molecular flexibility index (Phi) is 7.67. The van der Waals surface area contributed by atoms with Crippen LogP contribution in [0.1, 0.15) is 29.6 Å². The number of carbonyl (C=O) groups is 1. The Morgan fingerprint density at radius 2 is 2.12 bits per heavy atom. The van der Waals surface area contributed by atoms with Crippen LogP contribution >= 0.6 is 11.8 Å². The number of ether oxygens (including phenoxy) is 2. The van der Waals surface area contributed by atoms with Crippen molar-refractivity contribution < 1.29 is 19.2 Å². The van der Waals surface area contributed by atoms with Gasteiger partial charge in [0.25, 0.3) is 11.6 Å². The summed E-state index contributed by atoms with van der Waals surface area (Å²) in [5, 5.41) is 11.4. The van der Waals surface area contributed by atoms with Crippen molar-refractivity contribution >= 4 is 23.4 Å². The van der Waals surface area contributed by atoms with Gasteiger partial charge in [0.15, 0.2) is 0 Å². The third-order valence-corrected chi connectivity index (χ3v) is 5.12. The third kappa shape index (κ3) is 4.87. The van der Waals surface area contributed by atoms with Crippen LogP contribution in [0, 0.1) is 10.1 Å². The second-order valence-electron chi connectivity index (χ2n) is 5.99. The number of benzene rings is 1. The molecule has 0 bridgehead atoms. The minimum absolute atomic E-state index is 0.0997. The van der Waals surface area contributed by atoms with E-state index in [1.807, 2.05) is 6.26 Å². The van der Waals surface area contributed by atoms with Gasteiger partial charge < -0.3 is 20.1 Å². The highest BCUT2D eigenvalue weighted by molar-refractivity contribution is 7.98. The van der Waals surface area contributed by atoms with E-state index in [1.54, 1.807) is 11.0 Å². The van der Waals surface area contributed by atoms with Gasteiger partial charge in [-0.15, -0.1) is 11.8 Å². The number of rotatable bonds is 8. The van der Waals surface area contributed by atoms with E-state index in [9.17, 15) is 14.9 Å². The second-order valence-corrected chi connectivity index (χ2v) is 6.83. The number of hydrogen-bond acceptors (Lipinski definition) is 7. The van der Waals surface area contributed by atoms with Crippen molar-refractivity contribution in [2.24, 2.45) is 5.73 Å². The van der Waals surface area contributed by atoms with Crippen LogP contribution in [-0.4, -0.2) is 61.4 Å². The molecule has 0 aliphatic carbocycles. The number of nitro benzene ring substituents is 1. The van der Waals surface area contributed by atoms with Gasteiger partial charge in [-0.25, -0.2) is 0 Å². The van der Waals surface area contributed by atoms with E-state index in [4.69, 9.17) is 15.2 Å². The SMILES string of the molecule is COc1cc([N+](=O)[O-])c(C(=O)N2CCC(OCCCN)CC2)cc1SC. The van der Waals surface area contributed by atoms with E-state index in [2.05, 4.69) is 0 Å². The average molecular weight is 383 g/mol. The molecule has 1 aromatic rings. The zero-order valence-corrected chi connectivity index (χ0v) is 15.9. The molecule has 1 heterocycles. The third-order valence-electron chi connectivity index (χ3n) is 4.36. The van der Waals surface area contributed by atoms with E-state index in [0.717, 1.165) is 19.3 Å². The van der Waals surface area contributed by atoms with E-state index in [-0.39, 0.29) is 23.3 Å². The minimum Gasteiger partial charge on any atom is -0.495 e. The first kappa shape index (κ1) is 20.5. The maximum atomic E-state index is 12.9. The highest BCUT2D eigenvalue weighted by Crippen LogP contribution is 2.35. The van der Waals surface area contributed by atoms with Crippen molar-refractivity contribution in [2.45, 2.75) is 30.3 Å². The van der Waals surface area contributed by atoms with Crippen LogP contribution in [0.15, 0.2) is 17.0 Å². The van der Waals surface area contributed by atoms with Crippen molar-refractivity contribution in [3.05, 3.63) is 27.8 Å². The molecule has 1 aromatic carbocycles. The van der Waals surface area contributed by atoms with E-state index in [1.165, 1.54) is 24.9 Å². The number of nitrogens with two attached hydrogens (primary N) is 1. The molecule has 1 amide bonds. The summed E-state index contributed by atoms with van der Waals surface area (Å²) < 4.78 is 10.9. The van der Waals surface area contributed by atoms with Gasteiger partial charge >= 0.3 is 0 Å². The Balaban J connectivity index is 2.13. The fraction of sp³-hybridized carbons (Fsp3) is 0.588. The number of carbonyl (C=O) groups excluding carboxylic acids is 1. The zero-order valence-electron chi connectivity index (χ0n) is 15.1. The second kappa shape index (κ2) is 9.75. The van der Waals surface area contributed by atoms with Crippen LogP contribution in [-0.2, 0) is 4.74 Å². The Labute approximate surface area is 157 Å². The largest absolute Gasteiger partial charge is 0.495 e. The molecule has 144 valence electrons. The molecule has 1 aliphatic rings. The van der Waals surface area contributed by atoms with E-state index >= 15 is 0 Å². The lowest BCUT2D eigenvalue weighted by atomic mass is 10.1. The van der Waals surface area contributed by atoms with Crippen LogP contribution in [0.2, 0.25) is 0 Å². The van der Waals surface area contributed by atoms with Crippen LogP contribution in [0.3, 0.4) is 0 Å². The molecular weight excluding hydrogens is 358 g/mol. The predicted molar refractivity (Wildman–Crippen MR) is 100.0 cm³/mol. The molecule has 2 N–H and O–H groups in total. The fourth-order valence-electron chi connectivity index (χ4n) is 2.92. The Hall–Kier alpha value is -1.84. The van der Waals surface area contributed by atoms with Gasteiger partial charge in [-0.1, -0.05) is 0 Å². The summed E-state index contributed by atoms with van der Waals surface area (Å²) in [7, 11) is 1.45. The first-order valence-electron chi connectivity index (χ1n) is 8.53. The summed E-state index contributed by atoms with van der Waals surface area (Å²) in [5.41, 5.74) is 5.32. The van der Waals surface area contributed by atoms with Gasteiger partial charge in [0.05, 0.1) is 29.1 Å². The summed E-state index contributed by atoms with van der Waals surface area (Å²) in [6.07, 6.45) is 4.19. The summed E-state index contributed by atoms with van der Waals surface area (Å²) >= 11 is 1.38. The number of nitro groups is 1. The predicted octanol–water partition coefficient (Wildman–Crippen LogP) is 2.30. The summed E-state index contributed by atoms with van der Waals surface area (Å²) in [6.45, 7) is 2.25. The molecular formula is C17H25N3O5S. The minimum atomic E-state index is -0.539. The molecule has 0 unspecified atom stereocenters. The standard InChI is InChI=1S/C17H25N3O5S/c1-24-15-11-14(20(22)23)13(10-16(15)26-2)17(21)19-7-4-12(5-8-19)25-9-3-6-18/h10-12H,3-9,18H2,1-2H3.